The van der Waals surface area contributed by atoms with E-state index in [1.807, 2.05) is 0 Å². The van der Waals surface area contributed by atoms with Gasteiger partial charge in [-0.15, -0.1) is 0 Å². The van der Waals surface area contributed by atoms with E-state index in [0.717, 1.165) is 12.3 Å². The molecule has 0 amide bonds. The van der Waals surface area contributed by atoms with E-state index in [4.69, 9.17) is 0 Å². The second-order valence-corrected chi connectivity index (χ2v) is 4.75. The van der Waals surface area contributed by atoms with Crippen LogP contribution >= 0.6 is 0 Å². The Balaban J connectivity index is 2.23. The highest BCUT2D eigenvalue weighted by Gasteiger charge is 2.45. The molecule has 2 saturated carbocycles. The maximum absolute atomic E-state index is 11.5. The number of carbonyl (C=O) groups is 1. The summed E-state index contributed by atoms with van der Waals surface area (Å²) in [5, 5.41) is 0. The van der Waals surface area contributed by atoms with Gasteiger partial charge in [0.1, 0.15) is 5.78 Å². The van der Waals surface area contributed by atoms with Crippen LogP contribution in [-0.4, -0.2) is 5.78 Å². The van der Waals surface area contributed by atoms with Crippen LogP contribution in [0.25, 0.3) is 0 Å². The summed E-state index contributed by atoms with van der Waals surface area (Å²) in [7, 11) is 0. The van der Waals surface area contributed by atoms with Gasteiger partial charge in [0.15, 0.2) is 0 Å². The van der Waals surface area contributed by atoms with E-state index in [1.165, 1.54) is 19.3 Å². The van der Waals surface area contributed by atoms with Gasteiger partial charge >= 0.3 is 0 Å². The predicted octanol–water partition coefficient (Wildman–Crippen LogP) is 2.40. The van der Waals surface area contributed by atoms with Gasteiger partial charge in [-0.05, 0) is 30.6 Å². The lowest BCUT2D eigenvalue weighted by Gasteiger charge is -2.31. The van der Waals surface area contributed by atoms with E-state index >= 15 is 0 Å². The first-order valence-corrected chi connectivity index (χ1v) is 4.63. The second kappa shape index (κ2) is 2.09. The molecular weight excluding hydrogens is 136 g/mol. The molecule has 0 spiro atoms. The predicted molar refractivity (Wildman–Crippen MR) is 44.2 cm³/mol. The lowest BCUT2D eigenvalue weighted by Crippen LogP contribution is -2.30. The smallest absolute Gasteiger partial charge is 0.136 e. The molecule has 1 heteroatoms. The number of fused-ring (bicyclic) bond motifs is 2. The first-order valence-electron chi connectivity index (χ1n) is 4.63. The highest BCUT2D eigenvalue weighted by molar-refractivity contribution is 5.82. The van der Waals surface area contributed by atoms with Crippen molar-refractivity contribution in [1.29, 1.82) is 0 Å². The monoisotopic (exact) mass is 152 g/mol. The van der Waals surface area contributed by atoms with Gasteiger partial charge in [-0.2, -0.15) is 0 Å². The Bertz CT molecular complexity index is 197. The lowest BCUT2D eigenvalue weighted by molar-refractivity contribution is -0.127. The molecular formula is C10H16O. The van der Waals surface area contributed by atoms with E-state index in [-0.39, 0.29) is 0 Å². The topological polar surface area (TPSA) is 17.1 Å². The number of rotatable bonds is 0. The van der Waals surface area contributed by atoms with Crippen molar-refractivity contribution in [3.63, 3.8) is 0 Å². The third-order valence-electron chi connectivity index (χ3n) is 3.69. The number of ketones is 1. The third kappa shape index (κ3) is 1.02. The first kappa shape index (κ1) is 7.33. The van der Waals surface area contributed by atoms with E-state index in [9.17, 15) is 4.79 Å². The van der Waals surface area contributed by atoms with Gasteiger partial charge in [0, 0.05) is 12.3 Å². The Hall–Kier alpha value is -0.330. The van der Waals surface area contributed by atoms with Crippen molar-refractivity contribution in [2.75, 3.05) is 0 Å². The number of hydrogen-bond acceptors (Lipinski definition) is 1. The minimum atomic E-state index is 0.366. The SMILES string of the molecule is C[C@@H]1C(=O)C[C@@]2(C)CC[C@H]1C2. The normalized spacial score (nSPS) is 49.8. The van der Waals surface area contributed by atoms with E-state index in [0.29, 0.717) is 17.1 Å². The van der Waals surface area contributed by atoms with Crippen LogP contribution in [0.5, 0.6) is 0 Å². The summed E-state index contributed by atoms with van der Waals surface area (Å²) in [5.74, 6) is 1.60. The second-order valence-electron chi connectivity index (χ2n) is 4.75. The molecule has 2 aliphatic carbocycles. The van der Waals surface area contributed by atoms with Crippen LogP contribution < -0.4 is 0 Å². The fourth-order valence-corrected chi connectivity index (χ4v) is 2.80. The van der Waals surface area contributed by atoms with Crippen LogP contribution in [0.15, 0.2) is 0 Å². The quantitative estimate of drug-likeness (QED) is 0.521. The minimum absolute atomic E-state index is 0.366. The van der Waals surface area contributed by atoms with Gasteiger partial charge in [-0.25, -0.2) is 0 Å². The van der Waals surface area contributed by atoms with Gasteiger partial charge in [-0.1, -0.05) is 13.8 Å². The highest BCUT2D eigenvalue weighted by Crippen LogP contribution is 2.51. The van der Waals surface area contributed by atoms with Crippen molar-refractivity contribution < 1.29 is 4.79 Å². The van der Waals surface area contributed by atoms with E-state index in [1.54, 1.807) is 0 Å². The maximum Gasteiger partial charge on any atom is 0.136 e. The Kier molecular flexibility index (Phi) is 1.39. The number of Topliss-reactive ketones (excluding diaryl/α,β-unsaturated/α-hetero) is 1. The summed E-state index contributed by atoms with van der Waals surface area (Å²) in [6.07, 6.45) is 4.74. The Morgan fingerprint density at radius 3 is 3.00 bits per heavy atom. The molecule has 1 nitrogen and oxygen atoms in total. The molecule has 0 aliphatic heterocycles. The molecule has 0 aromatic carbocycles. The summed E-state index contributed by atoms with van der Waals surface area (Å²) in [4.78, 5) is 11.5. The van der Waals surface area contributed by atoms with Crippen LogP contribution in [0, 0.1) is 17.3 Å². The highest BCUT2D eigenvalue weighted by atomic mass is 16.1. The Morgan fingerprint density at radius 2 is 2.27 bits per heavy atom. The van der Waals surface area contributed by atoms with Gasteiger partial charge < -0.3 is 0 Å². The Morgan fingerprint density at radius 1 is 1.55 bits per heavy atom. The molecule has 0 saturated heterocycles. The van der Waals surface area contributed by atoms with Crippen LogP contribution in [0.4, 0.5) is 0 Å². The molecule has 0 radical (unpaired) electrons. The van der Waals surface area contributed by atoms with Gasteiger partial charge in [0.25, 0.3) is 0 Å². The average molecular weight is 152 g/mol. The standard InChI is InChI=1S/C10H16O/c1-7-8-3-4-10(2,5-8)6-9(7)11/h7-8H,3-6H2,1-2H3/t7-,8-,10-/m0/s1. The molecule has 11 heavy (non-hydrogen) atoms. The summed E-state index contributed by atoms with van der Waals surface area (Å²) >= 11 is 0. The average Bonchev–Trinajstić information content (AvgIpc) is 2.25. The number of carbonyl (C=O) groups excluding carboxylic acids is 1. The lowest BCUT2D eigenvalue weighted by atomic mass is 9.72. The number of hydrogen-bond donors (Lipinski definition) is 0. The molecule has 0 aromatic rings. The van der Waals surface area contributed by atoms with Crippen molar-refractivity contribution in [3.05, 3.63) is 0 Å². The molecule has 2 aliphatic rings. The fourth-order valence-electron chi connectivity index (χ4n) is 2.80. The fraction of sp³-hybridized carbons (Fsp3) is 0.900. The van der Waals surface area contributed by atoms with Crippen molar-refractivity contribution in [1.82, 2.24) is 0 Å². The minimum Gasteiger partial charge on any atom is -0.299 e. The summed E-state index contributed by atoms with van der Waals surface area (Å²) in [5.41, 5.74) is 0.397. The third-order valence-corrected chi connectivity index (χ3v) is 3.69. The van der Waals surface area contributed by atoms with Crippen LogP contribution in [-0.2, 0) is 4.79 Å². The van der Waals surface area contributed by atoms with Crippen molar-refractivity contribution >= 4 is 5.78 Å². The molecule has 2 rings (SSSR count). The van der Waals surface area contributed by atoms with Gasteiger partial charge in [0.05, 0.1) is 0 Å². The van der Waals surface area contributed by atoms with Gasteiger partial charge in [-0.3, -0.25) is 4.79 Å². The zero-order chi connectivity index (χ0) is 8.06. The molecule has 0 aromatic heterocycles. The molecule has 2 bridgehead atoms. The molecule has 3 atom stereocenters. The molecule has 62 valence electrons. The van der Waals surface area contributed by atoms with Gasteiger partial charge in [0.2, 0.25) is 0 Å². The van der Waals surface area contributed by atoms with Crippen LogP contribution in [0.1, 0.15) is 39.5 Å². The maximum atomic E-state index is 11.5. The summed E-state index contributed by atoms with van der Waals surface area (Å²) < 4.78 is 0. The van der Waals surface area contributed by atoms with Crippen LogP contribution in [0.3, 0.4) is 0 Å². The zero-order valence-electron chi connectivity index (χ0n) is 7.39. The zero-order valence-corrected chi connectivity index (χ0v) is 7.39. The largest absolute Gasteiger partial charge is 0.299 e. The van der Waals surface area contributed by atoms with Crippen molar-refractivity contribution in [2.24, 2.45) is 17.3 Å². The molecule has 0 N–H and O–H groups in total. The van der Waals surface area contributed by atoms with Crippen molar-refractivity contribution in [2.45, 2.75) is 39.5 Å². The first-order chi connectivity index (χ1) is 5.11. The summed E-state index contributed by atoms with van der Waals surface area (Å²) in [6, 6.07) is 0. The molecule has 0 heterocycles. The van der Waals surface area contributed by atoms with E-state index in [2.05, 4.69) is 13.8 Å². The van der Waals surface area contributed by atoms with Crippen molar-refractivity contribution in [3.8, 4) is 0 Å². The molecule has 0 unspecified atom stereocenters. The van der Waals surface area contributed by atoms with Crippen LogP contribution in [0.2, 0.25) is 0 Å². The Labute approximate surface area is 68.2 Å². The molecule has 2 fully saturated rings. The summed E-state index contributed by atoms with van der Waals surface area (Å²) in [6.45, 7) is 4.38. The van der Waals surface area contributed by atoms with E-state index < -0.39 is 0 Å².